The summed E-state index contributed by atoms with van der Waals surface area (Å²) < 4.78 is 5.06. The van der Waals surface area contributed by atoms with Crippen molar-refractivity contribution in [3.8, 4) is 5.75 Å². The maximum atomic E-state index is 11.9. The van der Waals surface area contributed by atoms with Gasteiger partial charge in [0.25, 0.3) is 0 Å². The van der Waals surface area contributed by atoms with Crippen molar-refractivity contribution in [2.24, 2.45) is 0 Å². The van der Waals surface area contributed by atoms with E-state index in [1.54, 1.807) is 19.2 Å². The minimum Gasteiger partial charge on any atom is -0.497 e. The summed E-state index contributed by atoms with van der Waals surface area (Å²) in [6.45, 7) is 2.07. The van der Waals surface area contributed by atoms with Crippen molar-refractivity contribution in [3.05, 3.63) is 29.8 Å². The minimum atomic E-state index is -0.257. The zero-order valence-electron chi connectivity index (χ0n) is 13.5. The highest BCUT2D eigenvalue weighted by molar-refractivity contribution is 7.80. The molecule has 126 valence electrons. The van der Waals surface area contributed by atoms with Gasteiger partial charge in [0, 0.05) is 6.42 Å². The number of benzene rings is 1. The third-order valence-corrected chi connectivity index (χ3v) is 3.30. The molecule has 0 aliphatic carbocycles. The Morgan fingerprint density at radius 1 is 1.09 bits per heavy atom. The van der Waals surface area contributed by atoms with Crippen molar-refractivity contribution < 1.29 is 14.3 Å². The van der Waals surface area contributed by atoms with E-state index in [9.17, 15) is 9.59 Å². The molecule has 0 atom stereocenters. The van der Waals surface area contributed by atoms with E-state index in [2.05, 4.69) is 23.1 Å². The minimum absolute atomic E-state index is 0.0763. The molecule has 0 saturated heterocycles. The summed E-state index contributed by atoms with van der Waals surface area (Å²) in [5.41, 5.74) is 5.83. The van der Waals surface area contributed by atoms with E-state index in [4.69, 9.17) is 17.0 Å². The number of carbonyl (C=O) groups excluding carboxylic acids is 2. The van der Waals surface area contributed by atoms with Gasteiger partial charge >= 0.3 is 0 Å². The first-order valence-electron chi connectivity index (χ1n) is 7.56. The van der Waals surface area contributed by atoms with Crippen LogP contribution in [0, 0.1) is 0 Å². The zero-order valence-corrected chi connectivity index (χ0v) is 14.3. The summed E-state index contributed by atoms with van der Waals surface area (Å²) in [7, 11) is 1.59. The molecule has 0 bridgehead atoms. The summed E-state index contributed by atoms with van der Waals surface area (Å²) in [5, 5.41) is 2.59. The van der Waals surface area contributed by atoms with Crippen molar-refractivity contribution in [3.63, 3.8) is 0 Å². The van der Waals surface area contributed by atoms with Crippen LogP contribution in [-0.2, 0) is 16.0 Å². The molecule has 0 radical (unpaired) electrons. The van der Waals surface area contributed by atoms with Gasteiger partial charge in [0.1, 0.15) is 5.75 Å². The largest absolute Gasteiger partial charge is 0.497 e. The normalized spacial score (nSPS) is 9.83. The van der Waals surface area contributed by atoms with Crippen LogP contribution in [0.5, 0.6) is 5.75 Å². The molecule has 0 aromatic heterocycles. The monoisotopic (exact) mass is 337 g/mol. The first-order chi connectivity index (χ1) is 11.0. The molecule has 0 saturated carbocycles. The standard InChI is InChI=1S/C16H23N3O3S/c1-3-4-5-6-14(20)18-19-16(23)17-15(21)11-12-7-9-13(22-2)10-8-12/h7-10H,3-6,11H2,1-2H3,(H,18,20)(H2,17,19,21,23). The average molecular weight is 337 g/mol. The number of carbonyl (C=O) groups is 2. The van der Waals surface area contributed by atoms with E-state index in [0.29, 0.717) is 6.42 Å². The van der Waals surface area contributed by atoms with E-state index in [0.717, 1.165) is 30.6 Å². The molecule has 0 unspecified atom stereocenters. The Balaban J connectivity index is 2.27. The highest BCUT2D eigenvalue weighted by atomic mass is 32.1. The quantitative estimate of drug-likeness (QED) is 0.402. The topological polar surface area (TPSA) is 79.5 Å². The molecule has 1 aromatic rings. The van der Waals surface area contributed by atoms with Crippen LogP contribution in [0.2, 0.25) is 0 Å². The Morgan fingerprint density at radius 3 is 2.39 bits per heavy atom. The molecule has 0 aliphatic heterocycles. The highest BCUT2D eigenvalue weighted by Gasteiger charge is 2.07. The molecule has 0 heterocycles. The molecule has 0 aliphatic rings. The Labute approximate surface area is 141 Å². The van der Waals surface area contributed by atoms with Crippen LogP contribution in [0.25, 0.3) is 0 Å². The van der Waals surface area contributed by atoms with Crippen LogP contribution in [0.15, 0.2) is 24.3 Å². The van der Waals surface area contributed by atoms with Gasteiger partial charge in [-0.1, -0.05) is 31.9 Å². The molecule has 6 nitrogen and oxygen atoms in total. The van der Waals surface area contributed by atoms with Gasteiger partial charge < -0.3 is 10.1 Å². The van der Waals surface area contributed by atoms with Crippen LogP contribution in [-0.4, -0.2) is 24.0 Å². The van der Waals surface area contributed by atoms with E-state index in [1.807, 2.05) is 12.1 Å². The lowest BCUT2D eigenvalue weighted by Gasteiger charge is -2.11. The molecule has 23 heavy (non-hydrogen) atoms. The Bertz CT molecular complexity index is 532. The van der Waals surface area contributed by atoms with Crippen LogP contribution >= 0.6 is 12.2 Å². The number of ether oxygens (including phenoxy) is 1. The second-order valence-corrected chi connectivity index (χ2v) is 5.44. The van der Waals surface area contributed by atoms with Gasteiger partial charge in [-0.05, 0) is 36.3 Å². The number of hydrogen-bond donors (Lipinski definition) is 3. The van der Waals surface area contributed by atoms with Crippen LogP contribution in [0.4, 0.5) is 0 Å². The number of hydrogen-bond acceptors (Lipinski definition) is 4. The van der Waals surface area contributed by atoms with Crippen molar-refractivity contribution in [2.45, 2.75) is 39.0 Å². The summed E-state index contributed by atoms with van der Waals surface area (Å²) in [4.78, 5) is 23.4. The highest BCUT2D eigenvalue weighted by Crippen LogP contribution is 2.11. The molecule has 2 amide bonds. The van der Waals surface area contributed by atoms with Gasteiger partial charge in [0.15, 0.2) is 5.11 Å². The number of methoxy groups -OCH3 is 1. The molecule has 7 heteroatoms. The van der Waals surface area contributed by atoms with Crippen LogP contribution in [0.3, 0.4) is 0 Å². The van der Waals surface area contributed by atoms with Gasteiger partial charge in [-0.15, -0.1) is 0 Å². The maximum absolute atomic E-state index is 11.9. The number of amides is 2. The number of thiocarbonyl (C=S) groups is 1. The van der Waals surface area contributed by atoms with E-state index < -0.39 is 0 Å². The van der Waals surface area contributed by atoms with Gasteiger partial charge in [-0.3, -0.25) is 20.4 Å². The Kier molecular flexibility index (Phi) is 8.67. The van der Waals surface area contributed by atoms with Crippen molar-refractivity contribution in [1.29, 1.82) is 0 Å². The molecule has 1 rings (SSSR count). The maximum Gasteiger partial charge on any atom is 0.238 e. The molecular weight excluding hydrogens is 314 g/mol. The molecule has 1 aromatic carbocycles. The third kappa shape index (κ3) is 8.15. The van der Waals surface area contributed by atoms with Crippen molar-refractivity contribution >= 4 is 29.1 Å². The predicted molar refractivity (Wildman–Crippen MR) is 92.9 cm³/mol. The average Bonchev–Trinajstić information content (AvgIpc) is 2.54. The lowest BCUT2D eigenvalue weighted by Crippen LogP contribution is -2.48. The Morgan fingerprint density at radius 2 is 1.78 bits per heavy atom. The summed E-state index contributed by atoms with van der Waals surface area (Å²) >= 11 is 4.96. The number of rotatable bonds is 7. The summed E-state index contributed by atoms with van der Waals surface area (Å²) in [5.74, 6) is 0.329. The van der Waals surface area contributed by atoms with Gasteiger partial charge in [-0.25, -0.2) is 0 Å². The SMILES string of the molecule is CCCCCC(=O)NNC(=S)NC(=O)Cc1ccc(OC)cc1. The first kappa shape index (κ1) is 18.9. The molecule has 3 N–H and O–H groups in total. The van der Waals surface area contributed by atoms with E-state index in [-0.39, 0.29) is 23.3 Å². The van der Waals surface area contributed by atoms with Crippen LogP contribution < -0.4 is 20.9 Å². The predicted octanol–water partition coefficient (Wildman–Crippen LogP) is 1.84. The fraction of sp³-hybridized carbons (Fsp3) is 0.438. The van der Waals surface area contributed by atoms with Crippen LogP contribution in [0.1, 0.15) is 38.2 Å². The lowest BCUT2D eigenvalue weighted by atomic mass is 10.1. The van der Waals surface area contributed by atoms with Gasteiger partial charge in [-0.2, -0.15) is 0 Å². The Hall–Kier alpha value is -2.15. The first-order valence-corrected chi connectivity index (χ1v) is 7.97. The number of hydrazine groups is 1. The second kappa shape index (κ2) is 10.6. The van der Waals surface area contributed by atoms with Crippen molar-refractivity contribution in [1.82, 2.24) is 16.2 Å². The zero-order chi connectivity index (χ0) is 17.1. The molecule has 0 fully saturated rings. The lowest BCUT2D eigenvalue weighted by molar-refractivity contribution is -0.122. The molecule has 0 spiro atoms. The van der Waals surface area contributed by atoms with Gasteiger partial charge in [0.2, 0.25) is 11.8 Å². The fourth-order valence-corrected chi connectivity index (χ4v) is 2.02. The summed E-state index contributed by atoms with van der Waals surface area (Å²) in [6.07, 6.45) is 3.52. The number of nitrogens with one attached hydrogen (secondary N) is 3. The fourth-order valence-electron chi connectivity index (χ4n) is 1.86. The van der Waals surface area contributed by atoms with E-state index >= 15 is 0 Å². The third-order valence-electron chi connectivity index (χ3n) is 3.10. The smallest absolute Gasteiger partial charge is 0.238 e. The summed E-state index contributed by atoms with van der Waals surface area (Å²) in [6, 6.07) is 7.19. The van der Waals surface area contributed by atoms with E-state index in [1.165, 1.54) is 0 Å². The van der Waals surface area contributed by atoms with Gasteiger partial charge in [0.05, 0.1) is 13.5 Å². The second-order valence-electron chi connectivity index (χ2n) is 5.03. The molecular formula is C16H23N3O3S. The number of unbranched alkanes of at least 4 members (excludes halogenated alkanes) is 2. The van der Waals surface area contributed by atoms with Crippen molar-refractivity contribution in [2.75, 3.05) is 7.11 Å².